The van der Waals surface area contributed by atoms with Gasteiger partial charge in [-0.15, -0.1) is 0 Å². The largest absolute Gasteiger partial charge is 0.296 e. The molecule has 1 saturated heterocycles. The minimum absolute atomic E-state index is 0.108. The lowest BCUT2D eigenvalue weighted by molar-refractivity contribution is 0.0884. The summed E-state index contributed by atoms with van der Waals surface area (Å²) in [6.07, 6.45) is 4.55. The first kappa shape index (κ1) is 15.1. The van der Waals surface area contributed by atoms with Gasteiger partial charge in [-0.2, -0.15) is 0 Å². The van der Waals surface area contributed by atoms with Crippen LogP contribution >= 0.6 is 0 Å². The lowest BCUT2D eigenvalue weighted by Crippen LogP contribution is -2.37. The number of hydrogen-bond acceptors (Lipinski definition) is 2. The van der Waals surface area contributed by atoms with Crippen LogP contribution in [0.2, 0.25) is 0 Å². The third-order valence-electron chi connectivity index (χ3n) is 4.01. The van der Waals surface area contributed by atoms with E-state index < -0.39 is 23.0 Å². The van der Waals surface area contributed by atoms with E-state index in [1.165, 1.54) is 18.9 Å². The summed E-state index contributed by atoms with van der Waals surface area (Å²) in [6, 6.07) is 3.53. The van der Waals surface area contributed by atoms with Gasteiger partial charge in [-0.3, -0.25) is 9.69 Å². The van der Waals surface area contributed by atoms with E-state index in [0.29, 0.717) is 0 Å². The molecule has 1 heterocycles. The third-order valence-corrected chi connectivity index (χ3v) is 4.01. The zero-order valence-electron chi connectivity index (χ0n) is 11.9. The van der Waals surface area contributed by atoms with Gasteiger partial charge in [-0.25, -0.2) is 8.78 Å². The zero-order chi connectivity index (χ0) is 14.5. The molecule has 2 rings (SSSR count). The Hall–Kier alpha value is -1.29. The summed E-state index contributed by atoms with van der Waals surface area (Å²) in [4.78, 5) is 14.0. The van der Waals surface area contributed by atoms with E-state index in [2.05, 4.69) is 6.92 Å². The SMILES string of the molecule is CCCC1CCN(CC(=O)c2c(F)cccc2F)CC1. The fourth-order valence-electron chi connectivity index (χ4n) is 2.89. The van der Waals surface area contributed by atoms with E-state index in [4.69, 9.17) is 0 Å². The summed E-state index contributed by atoms with van der Waals surface area (Å²) in [5.74, 6) is -1.27. The van der Waals surface area contributed by atoms with E-state index >= 15 is 0 Å². The highest BCUT2D eigenvalue weighted by Crippen LogP contribution is 2.22. The Morgan fingerprint density at radius 2 is 1.85 bits per heavy atom. The predicted molar refractivity (Wildman–Crippen MR) is 74.8 cm³/mol. The van der Waals surface area contributed by atoms with Crippen LogP contribution in [-0.4, -0.2) is 30.3 Å². The molecule has 1 aromatic carbocycles. The Morgan fingerprint density at radius 1 is 1.25 bits per heavy atom. The van der Waals surface area contributed by atoms with Crippen LogP contribution in [0.5, 0.6) is 0 Å². The fourth-order valence-corrected chi connectivity index (χ4v) is 2.89. The van der Waals surface area contributed by atoms with Crippen LogP contribution in [0.3, 0.4) is 0 Å². The van der Waals surface area contributed by atoms with Crippen LogP contribution < -0.4 is 0 Å². The van der Waals surface area contributed by atoms with Gasteiger partial charge in [0.15, 0.2) is 5.78 Å². The number of piperidine rings is 1. The zero-order valence-corrected chi connectivity index (χ0v) is 11.9. The van der Waals surface area contributed by atoms with Gasteiger partial charge in [0.25, 0.3) is 0 Å². The molecule has 1 aliphatic heterocycles. The molecule has 0 bridgehead atoms. The number of ketones is 1. The van der Waals surface area contributed by atoms with Gasteiger partial charge in [0.1, 0.15) is 11.6 Å². The molecule has 0 aliphatic carbocycles. The molecule has 0 N–H and O–H groups in total. The molecule has 1 aliphatic rings. The Labute approximate surface area is 118 Å². The molecule has 110 valence electrons. The van der Waals surface area contributed by atoms with E-state index in [9.17, 15) is 13.6 Å². The van der Waals surface area contributed by atoms with Gasteiger partial charge in [0, 0.05) is 0 Å². The average molecular weight is 281 g/mol. The number of Topliss-reactive ketones (excluding diaryl/α,β-unsaturated/α-hetero) is 1. The van der Waals surface area contributed by atoms with Crippen LogP contribution in [0.4, 0.5) is 8.78 Å². The van der Waals surface area contributed by atoms with Crippen molar-refractivity contribution in [2.75, 3.05) is 19.6 Å². The summed E-state index contributed by atoms with van der Waals surface area (Å²) in [6.45, 7) is 3.96. The fraction of sp³-hybridized carbons (Fsp3) is 0.562. The molecule has 0 radical (unpaired) electrons. The maximum absolute atomic E-state index is 13.5. The number of nitrogens with zero attached hydrogens (tertiary/aromatic N) is 1. The van der Waals surface area contributed by atoms with Crippen molar-refractivity contribution >= 4 is 5.78 Å². The normalized spacial score (nSPS) is 17.4. The Morgan fingerprint density at radius 3 is 2.40 bits per heavy atom. The molecule has 0 spiro atoms. The second kappa shape index (κ2) is 6.93. The van der Waals surface area contributed by atoms with Crippen molar-refractivity contribution in [3.05, 3.63) is 35.4 Å². The van der Waals surface area contributed by atoms with Gasteiger partial charge < -0.3 is 0 Å². The first-order valence-electron chi connectivity index (χ1n) is 7.31. The number of hydrogen-bond donors (Lipinski definition) is 0. The molecule has 2 nitrogen and oxygen atoms in total. The van der Waals surface area contributed by atoms with E-state index in [0.717, 1.165) is 44.0 Å². The predicted octanol–water partition coefficient (Wildman–Crippen LogP) is 3.66. The number of carbonyl (C=O) groups excluding carboxylic acids is 1. The molecule has 1 aromatic rings. The topological polar surface area (TPSA) is 20.3 Å². The van der Waals surface area contributed by atoms with Crippen molar-refractivity contribution in [3.8, 4) is 0 Å². The van der Waals surface area contributed by atoms with Crippen molar-refractivity contribution in [2.45, 2.75) is 32.6 Å². The maximum Gasteiger partial charge on any atom is 0.182 e. The smallest absolute Gasteiger partial charge is 0.182 e. The minimum Gasteiger partial charge on any atom is -0.296 e. The van der Waals surface area contributed by atoms with E-state index in [1.807, 2.05) is 4.90 Å². The Balaban J connectivity index is 1.93. The van der Waals surface area contributed by atoms with Gasteiger partial charge >= 0.3 is 0 Å². The molecule has 20 heavy (non-hydrogen) atoms. The molecule has 0 saturated carbocycles. The second-order valence-electron chi connectivity index (χ2n) is 5.53. The van der Waals surface area contributed by atoms with Gasteiger partial charge in [0.05, 0.1) is 12.1 Å². The first-order valence-corrected chi connectivity index (χ1v) is 7.31. The van der Waals surface area contributed by atoms with Crippen molar-refractivity contribution < 1.29 is 13.6 Å². The number of halogens is 2. The molecule has 4 heteroatoms. The van der Waals surface area contributed by atoms with Gasteiger partial charge in [-0.1, -0.05) is 25.8 Å². The van der Waals surface area contributed by atoms with Crippen LogP contribution in [0.1, 0.15) is 43.0 Å². The molecular weight excluding hydrogens is 260 g/mol. The van der Waals surface area contributed by atoms with Crippen molar-refractivity contribution in [2.24, 2.45) is 5.92 Å². The monoisotopic (exact) mass is 281 g/mol. The lowest BCUT2D eigenvalue weighted by atomic mass is 9.92. The highest BCUT2D eigenvalue weighted by molar-refractivity contribution is 5.98. The number of rotatable bonds is 5. The summed E-state index contributed by atoms with van der Waals surface area (Å²) in [7, 11) is 0. The average Bonchev–Trinajstić information content (AvgIpc) is 2.41. The number of benzene rings is 1. The standard InChI is InChI=1S/C16H21F2NO/c1-2-4-12-7-9-19(10-8-12)11-15(20)16-13(17)5-3-6-14(16)18/h3,5-6,12H,2,4,7-11H2,1H3. The van der Waals surface area contributed by atoms with Gasteiger partial charge in [0.2, 0.25) is 0 Å². The molecule has 0 aromatic heterocycles. The van der Waals surface area contributed by atoms with Crippen molar-refractivity contribution in [3.63, 3.8) is 0 Å². The molecule has 0 unspecified atom stereocenters. The third kappa shape index (κ3) is 3.63. The minimum atomic E-state index is -0.768. The van der Waals surface area contributed by atoms with E-state index in [-0.39, 0.29) is 6.54 Å². The van der Waals surface area contributed by atoms with Crippen molar-refractivity contribution in [1.29, 1.82) is 0 Å². The second-order valence-corrected chi connectivity index (χ2v) is 5.53. The van der Waals surface area contributed by atoms with E-state index in [1.54, 1.807) is 0 Å². The lowest BCUT2D eigenvalue weighted by Gasteiger charge is -2.31. The summed E-state index contributed by atoms with van der Waals surface area (Å²) >= 11 is 0. The maximum atomic E-state index is 13.5. The first-order chi connectivity index (χ1) is 9.61. The van der Waals surface area contributed by atoms with Gasteiger partial charge in [-0.05, 0) is 44.0 Å². The Kier molecular flexibility index (Phi) is 5.24. The molecule has 1 fully saturated rings. The van der Waals surface area contributed by atoms with Crippen LogP contribution in [0.15, 0.2) is 18.2 Å². The summed E-state index contributed by atoms with van der Waals surface area (Å²) in [5, 5.41) is 0. The summed E-state index contributed by atoms with van der Waals surface area (Å²) in [5.41, 5.74) is -0.400. The molecule has 0 atom stereocenters. The quantitative estimate of drug-likeness (QED) is 0.768. The Bertz CT molecular complexity index is 447. The molecular formula is C16H21F2NO. The number of carbonyl (C=O) groups is 1. The van der Waals surface area contributed by atoms with Crippen LogP contribution in [0.25, 0.3) is 0 Å². The van der Waals surface area contributed by atoms with Crippen molar-refractivity contribution in [1.82, 2.24) is 4.90 Å². The summed E-state index contributed by atoms with van der Waals surface area (Å²) < 4.78 is 27.1. The highest BCUT2D eigenvalue weighted by atomic mass is 19.1. The highest BCUT2D eigenvalue weighted by Gasteiger charge is 2.23. The van der Waals surface area contributed by atoms with Crippen LogP contribution in [-0.2, 0) is 0 Å². The number of likely N-dealkylation sites (tertiary alicyclic amines) is 1. The molecule has 0 amide bonds. The van der Waals surface area contributed by atoms with Crippen LogP contribution in [0, 0.1) is 17.6 Å².